The van der Waals surface area contributed by atoms with Gasteiger partial charge in [-0.1, -0.05) is 0 Å². The Bertz CT molecular complexity index is 387. The first kappa shape index (κ1) is 11.2. The molecule has 0 saturated carbocycles. The normalized spacial score (nSPS) is 20.9. The fraction of sp³-hybridized carbons (Fsp3) is 0.750. The Kier molecular flexibility index (Phi) is 2.67. The van der Waals surface area contributed by atoms with Crippen LogP contribution in [0.3, 0.4) is 0 Å². The molecule has 0 amide bonds. The molecule has 1 aliphatic heterocycles. The highest BCUT2D eigenvalue weighted by Crippen LogP contribution is 2.17. The van der Waals surface area contributed by atoms with Crippen molar-refractivity contribution in [1.29, 1.82) is 0 Å². The maximum Gasteiger partial charge on any atom is 0.259 e. The summed E-state index contributed by atoms with van der Waals surface area (Å²) in [5.74, 6) is 0.474. The van der Waals surface area contributed by atoms with E-state index in [9.17, 15) is 8.42 Å². The lowest BCUT2D eigenvalue weighted by atomic mass is 10.3. The van der Waals surface area contributed by atoms with Crippen LogP contribution in [0.1, 0.15) is 27.2 Å². The number of hydrazine groups is 1. The molecule has 0 aromatic carbocycles. The average molecular weight is 218 g/mol. The van der Waals surface area contributed by atoms with Crippen LogP contribution in [0.5, 0.6) is 0 Å². The second-order valence-electron chi connectivity index (χ2n) is 4.23. The zero-order valence-corrected chi connectivity index (χ0v) is 9.72. The summed E-state index contributed by atoms with van der Waals surface area (Å²) in [6.45, 7) is 4.90. The number of rotatable bonds is 1. The molecule has 14 heavy (non-hydrogen) atoms. The van der Waals surface area contributed by atoms with Gasteiger partial charge < -0.3 is 0 Å². The Morgan fingerprint density at radius 1 is 1.50 bits per heavy atom. The minimum absolute atomic E-state index is 0.474. The van der Waals surface area contributed by atoms with E-state index in [1.165, 1.54) is 0 Å². The summed E-state index contributed by atoms with van der Waals surface area (Å²) >= 11 is 0. The molecule has 0 fully saturated rings. The van der Waals surface area contributed by atoms with Crippen molar-refractivity contribution in [3.8, 4) is 0 Å². The van der Waals surface area contributed by atoms with E-state index in [0.717, 1.165) is 0 Å². The molecule has 0 spiro atoms. The topological polar surface area (TPSA) is 61.5 Å². The van der Waals surface area contributed by atoms with Crippen molar-refractivity contribution in [3.63, 3.8) is 0 Å². The van der Waals surface area contributed by atoms with Crippen molar-refractivity contribution < 1.29 is 13.1 Å². The van der Waals surface area contributed by atoms with Crippen LogP contribution in [0.2, 0.25) is 0 Å². The lowest BCUT2D eigenvalue weighted by Crippen LogP contribution is -2.30. The fourth-order valence-electron chi connectivity index (χ4n) is 0.858. The van der Waals surface area contributed by atoms with E-state index in [1.807, 2.05) is 6.21 Å². The smallest absolute Gasteiger partial charge is 0.204 e. The van der Waals surface area contributed by atoms with Crippen LogP contribution in [0.25, 0.3) is 0 Å². The number of hydrogen-bond donors (Lipinski definition) is 1. The molecule has 6 heteroatoms. The van der Waals surface area contributed by atoms with Crippen LogP contribution in [0, 0.1) is 0 Å². The van der Waals surface area contributed by atoms with E-state index < -0.39 is 14.8 Å². The summed E-state index contributed by atoms with van der Waals surface area (Å²) in [5.41, 5.74) is 2.83. The van der Waals surface area contributed by atoms with Crippen molar-refractivity contribution in [2.75, 3.05) is 7.05 Å². The Hall–Kier alpha value is -0.910. The van der Waals surface area contributed by atoms with Gasteiger partial charge in [-0.2, -0.15) is 5.43 Å². The molecule has 0 atom stereocenters. The molecular weight excluding hydrogens is 202 g/mol. The molecule has 1 aliphatic rings. The van der Waals surface area contributed by atoms with E-state index >= 15 is 0 Å². The zero-order valence-electron chi connectivity index (χ0n) is 8.90. The third-order valence-electron chi connectivity index (χ3n) is 1.87. The second kappa shape index (κ2) is 3.34. The largest absolute Gasteiger partial charge is 0.259 e. The molecule has 1 heterocycles. The van der Waals surface area contributed by atoms with Crippen LogP contribution in [0.15, 0.2) is 4.40 Å². The predicted octanol–water partition coefficient (Wildman–Crippen LogP) is 0.135. The molecule has 5 nitrogen and oxygen atoms in total. The van der Waals surface area contributed by atoms with E-state index in [-0.39, 0.29) is 0 Å². The van der Waals surface area contributed by atoms with E-state index in [2.05, 4.69) is 9.82 Å². The van der Waals surface area contributed by atoms with Crippen LogP contribution >= 0.6 is 0 Å². The number of hydrazone groups is 1. The number of nitrogens with zero attached hydrogens (tertiary/aromatic N) is 2. The Morgan fingerprint density at radius 2 is 2.07 bits per heavy atom. The van der Waals surface area contributed by atoms with Crippen molar-refractivity contribution in [2.24, 2.45) is 4.40 Å². The third kappa shape index (κ3) is 2.31. The molecule has 0 radical (unpaired) electrons. The summed E-state index contributed by atoms with van der Waals surface area (Å²) in [4.78, 5) is 0. The highest BCUT2D eigenvalue weighted by atomic mass is 32.2. The summed E-state index contributed by atoms with van der Waals surface area (Å²) in [7, 11) is -1.63. The van der Waals surface area contributed by atoms with Gasteiger partial charge in [-0.05, 0) is 20.8 Å². The van der Waals surface area contributed by atoms with Crippen molar-refractivity contribution in [3.05, 3.63) is 0 Å². The zero-order chi connectivity index (χ0) is 11.0. The van der Waals surface area contributed by atoms with Gasteiger partial charge in [0.05, 0.1) is 11.2 Å². The minimum Gasteiger partial charge on any atom is -0.204 e. The third-order valence-corrected chi connectivity index (χ3v) is 3.88. The summed E-state index contributed by atoms with van der Waals surface area (Å²) in [6.07, 6.45) is 2.36. The van der Waals surface area contributed by atoms with Gasteiger partial charge in [0.15, 0.2) is 19.1 Å². The van der Waals surface area contributed by atoms with Gasteiger partial charge in [0, 0.05) is 0 Å². The predicted molar refractivity (Wildman–Crippen MR) is 56.1 cm³/mol. The van der Waals surface area contributed by atoms with Gasteiger partial charge in [-0.3, -0.25) is 0 Å². The van der Waals surface area contributed by atoms with Gasteiger partial charge in [0.1, 0.15) is 0 Å². The molecule has 0 aromatic heterocycles. The van der Waals surface area contributed by atoms with Crippen LogP contribution < -0.4 is 5.43 Å². The molecule has 0 aliphatic carbocycles. The van der Waals surface area contributed by atoms with Crippen LogP contribution in [-0.4, -0.2) is 36.9 Å². The van der Waals surface area contributed by atoms with Gasteiger partial charge in [0.25, 0.3) is 10.0 Å². The standard InChI is InChI=1S/C8H16N3O2S/c1-8(2,3)14(12,13)10-7-5-6-11(4)9-7/h6H,5H2,1-4H3,(H,9,10)/q+1. The van der Waals surface area contributed by atoms with Gasteiger partial charge in [0.2, 0.25) is 0 Å². The molecule has 0 saturated heterocycles. The first-order chi connectivity index (χ1) is 6.22. The lowest BCUT2D eigenvalue weighted by Gasteiger charge is -2.14. The quantitative estimate of drug-likeness (QED) is 0.637. The highest BCUT2D eigenvalue weighted by Gasteiger charge is 2.30. The lowest BCUT2D eigenvalue weighted by molar-refractivity contribution is -0.532. The average Bonchev–Trinajstić information content (AvgIpc) is 2.31. The summed E-state index contributed by atoms with van der Waals surface area (Å²) in [5, 5.41) is 0. The summed E-state index contributed by atoms with van der Waals surface area (Å²) < 4.78 is 27.9. The maximum atomic E-state index is 11.7. The van der Waals surface area contributed by atoms with E-state index in [4.69, 9.17) is 0 Å². The Balaban J connectivity index is 2.90. The van der Waals surface area contributed by atoms with Gasteiger partial charge in [-0.15, -0.1) is 9.08 Å². The molecule has 1 rings (SSSR count). The number of sulfonamides is 1. The second-order valence-corrected chi connectivity index (χ2v) is 6.59. The van der Waals surface area contributed by atoms with Gasteiger partial charge >= 0.3 is 0 Å². The van der Waals surface area contributed by atoms with Crippen LogP contribution in [0.4, 0.5) is 0 Å². The first-order valence-electron chi connectivity index (χ1n) is 4.38. The molecule has 0 unspecified atom stereocenters. The monoisotopic (exact) mass is 218 g/mol. The number of amidine groups is 1. The SMILES string of the molecule is C[N+]1=CCC(=NS(=O)(=O)C(C)(C)C)N1. The van der Waals surface area contributed by atoms with Crippen molar-refractivity contribution in [2.45, 2.75) is 31.9 Å². The van der Waals surface area contributed by atoms with Gasteiger partial charge in [-0.25, -0.2) is 8.42 Å². The molecule has 0 bridgehead atoms. The molecule has 0 aromatic rings. The fourth-order valence-corrected chi connectivity index (χ4v) is 1.54. The first-order valence-corrected chi connectivity index (χ1v) is 5.82. The minimum atomic E-state index is -3.43. The van der Waals surface area contributed by atoms with Crippen molar-refractivity contribution >= 4 is 22.1 Å². The van der Waals surface area contributed by atoms with E-state index in [1.54, 1.807) is 32.5 Å². The Labute approximate surface area is 84.6 Å². The Morgan fingerprint density at radius 3 is 2.43 bits per heavy atom. The van der Waals surface area contributed by atoms with E-state index in [0.29, 0.717) is 12.3 Å². The summed E-state index contributed by atoms with van der Waals surface area (Å²) in [6, 6.07) is 0. The molecule has 1 N–H and O–H groups in total. The molecular formula is C8H16N3O2S+. The number of nitrogens with one attached hydrogen (secondary N) is 1. The highest BCUT2D eigenvalue weighted by molar-refractivity contribution is 7.91. The number of hydrogen-bond acceptors (Lipinski definition) is 2. The van der Waals surface area contributed by atoms with Crippen LogP contribution in [-0.2, 0) is 10.0 Å². The van der Waals surface area contributed by atoms with Crippen molar-refractivity contribution in [1.82, 2.24) is 5.43 Å². The molecule has 80 valence electrons. The maximum absolute atomic E-state index is 11.7.